The number of aryl methyl sites for hydroxylation is 1. The lowest BCUT2D eigenvalue weighted by Gasteiger charge is -2.32. The normalized spacial score (nSPS) is 16.4. The van der Waals surface area contributed by atoms with Gasteiger partial charge >= 0.3 is 0 Å². The molecule has 0 amide bonds. The highest BCUT2D eigenvalue weighted by atomic mass is 16.6. The summed E-state index contributed by atoms with van der Waals surface area (Å²) in [4.78, 5) is 23.8. The Morgan fingerprint density at radius 3 is 2.47 bits per heavy atom. The molecule has 19 heavy (non-hydrogen) atoms. The molecule has 1 fully saturated rings. The number of nitro groups is 1. The summed E-state index contributed by atoms with van der Waals surface area (Å²) in [6.07, 6.45) is 3.01. The SMILES string of the molecule is Cc1cc(N(C)C2CCC(=O)CC2)ccc1[N+](=O)[O-]. The molecule has 0 bridgehead atoms. The summed E-state index contributed by atoms with van der Waals surface area (Å²) in [6.45, 7) is 1.75. The van der Waals surface area contributed by atoms with Gasteiger partial charge in [0.05, 0.1) is 4.92 Å². The van der Waals surface area contributed by atoms with E-state index in [4.69, 9.17) is 0 Å². The van der Waals surface area contributed by atoms with Crippen molar-refractivity contribution in [2.45, 2.75) is 38.6 Å². The average molecular weight is 262 g/mol. The maximum Gasteiger partial charge on any atom is 0.272 e. The average Bonchev–Trinajstić information content (AvgIpc) is 2.38. The van der Waals surface area contributed by atoms with Gasteiger partial charge in [0.25, 0.3) is 5.69 Å². The quantitative estimate of drug-likeness (QED) is 0.620. The minimum atomic E-state index is -0.363. The molecule has 1 aromatic rings. The summed E-state index contributed by atoms with van der Waals surface area (Å²) in [5, 5.41) is 10.8. The van der Waals surface area contributed by atoms with Crippen molar-refractivity contribution in [1.82, 2.24) is 0 Å². The first-order chi connectivity index (χ1) is 8.99. The molecule has 1 aromatic carbocycles. The fraction of sp³-hybridized carbons (Fsp3) is 0.500. The molecule has 0 saturated heterocycles. The monoisotopic (exact) mass is 262 g/mol. The summed E-state index contributed by atoms with van der Waals surface area (Å²) in [5.41, 5.74) is 1.79. The zero-order valence-electron chi connectivity index (χ0n) is 11.3. The van der Waals surface area contributed by atoms with Gasteiger partial charge in [-0.3, -0.25) is 14.9 Å². The van der Waals surface area contributed by atoms with E-state index in [1.54, 1.807) is 19.1 Å². The first kappa shape index (κ1) is 13.5. The van der Waals surface area contributed by atoms with Gasteiger partial charge in [0.1, 0.15) is 5.78 Å². The first-order valence-electron chi connectivity index (χ1n) is 6.48. The maximum absolute atomic E-state index is 11.2. The van der Waals surface area contributed by atoms with Crippen LogP contribution in [0.3, 0.4) is 0 Å². The number of benzene rings is 1. The van der Waals surface area contributed by atoms with Crippen molar-refractivity contribution < 1.29 is 9.72 Å². The van der Waals surface area contributed by atoms with E-state index < -0.39 is 0 Å². The van der Waals surface area contributed by atoms with Crippen LogP contribution in [-0.4, -0.2) is 23.8 Å². The third-order valence-electron chi connectivity index (χ3n) is 3.84. The fourth-order valence-electron chi connectivity index (χ4n) is 2.59. The van der Waals surface area contributed by atoms with E-state index in [1.165, 1.54) is 0 Å². The number of Topliss-reactive ketones (excluding diaryl/α,β-unsaturated/α-hetero) is 1. The zero-order valence-corrected chi connectivity index (χ0v) is 11.3. The number of hydrogen-bond donors (Lipinski definition) is 0. The third-order valence-corrected chi connectivity index (χ3v) is 3.84. The number of rotatable bonds is 3. The predicted molar refractivity (Wildman–Crippen MR) is 73.5 cm³/mol. The Morgan fingerprint density at radius 2 is 1.95 bits per heavy atom. The van der Waals surface area contributed by atoms with Crippen molar-refractivity contribution in [3.63, 3.8) is 0 Å². The van der Waals surface area contributed by atoms with E-state index in [0.717, 1.165) is 18.5 Å². The molecule has 0 spiro atoms. The maximum atomic E-state index is 11.2. The molecule has 5 nitrogen and oxygen atoms in total. The molecular formula is C14H18N2O3. The van der Waals surface area contributed by atoms with Gasteiger partial charge in [-0.15, -0.1) is 0 Å². The molecule has 2 rings (SSSR count). The van der Waals surface area contributed by atoms with Gasteiger partial charge < -0.3 is 4.90 Å². The lowest BCUT2D eigenvalue weighted by Crippen LogP contribution is -2.35. The van der Waals surface area contributed by atoms with Gasteiger partial charge in [0.15, 0.2) is 0 Å². The second-order valence-electron chi connectivity index (χ2n) is 5.11. The zero-order chi connectivity index (χ0) is 14.0. The molecule has 1 aliphatic carbocycles. The topological polar surface area (TPSA) is 63.5 Å². The van der Waals surface area contributed by atoms with Crippen LogP contribution in [0.15, 0.2) is 18.2 Å². The second-order valence-corrected chi connectivity index (χ2v) is 5.11. The molecule has 0 radical (unpaired) electrons. The lowest BCUT2D eigenvalue weighted by atomic mass is 9.93. The molecule has 0 atom stereocenters. The minimum Gasteiger partial charge on any atom is -0.372 e. The molecule has 5 heteroatoms. The second kappa shape index (κ2) is 5.38. The number of ketones is 1. The van der Waals surface area contributed by atoms with Crippen molar-refractivity contribution in [2.24, 2.45) is 0 Å². The van der Waals surface area contributed by atoms with Crippen LogP contribution in [-0.2, 0) is 4.79 Å². The standard InChI is InChI=1S/C14H18N2O3/c1-10-9-12(5-8-14(10)16(18)19)15(2)11-3-6-13(17)7-4-11/h5,8-9,11H,3-4,6-7H2,1-2H3. The molecule has 0 heterocycles. The number of nitro benzene ring substituents is 1. The van der Waals surface area contributed by atoms with Crippen molar-refractivity contribution >= 4 is 17.2 Å². The molecular weight excluding hydrogens is 244 g/mol. The number of hydrogen-bond acceptors (Lipinski definition) is 4. The predicted octanol–water partition coefficient (Wildman–Crippen LogP) is 2.85. The van der Waals surface area contributed by atoms with Gasteiger partial charge in [-0.25, -0.2) is 0 Å². The van der Waals surface area contributed by atoms with E-state index in [-0.39, 0.29) is 10.6 Å². The third kappa shape index (κ3) is 2.92. The van der Waals surface area contributed by atoms with Crippen LogP contribution in [0.4, 0.5) is 11.4 Å². The van der Waals surface area contributed by atoms with Crippen molar-refractivity contribution in [2.75, 3.05) is 11.9 Å². The highest BCUT2D eigenvalue weighted by molar-refractivity contribution is 5.79. The number of carbonyl (C=O) groups is 1. The highest BCUT2D eigenvalue weighted by Gasteiger charge is 2.23. The summed E-state index contributed by atoms with van der Waals surface area (Å²) in [6, 6.07) is 5.52. The van der Waals surface area contributed by atoms with Crippen molar-refractivity contribution in [3.8, 4) is 0 Å². The Bertz CT molecular complexity index is 503. The Balaban J connectivity index is 2.15. The summed E-state index contributed by atoms with van der Waals surface area (Å²) in [7, 11) is 1.99. The van der Waals surface area contributed by atoms with E-state index in [9.17, 15) is 14.9 Å². The first-order valence-corrected chi connectivity index (χ1v) is 6.48. The summed E-state index contributed by atoms with van der Waals surface area (Å²) in [5.74, 6) is 0.338. The molecule has 0 aliphatic heterocycles. The van der Waals surface area contributed by atoms with Gasteiger partial charge in [0.2, 0.25) is 0 Å². The van der Waals surface area contributed by atoms with E-state index in [1.807, 2.05) is 13.1 Å². The molecule has 1 aliphatic rings. The molecule has 0 aromatic heterocycles. The summed E-state index contributed by atoms with van der Waals surface area (Å²) >= 11 is 0. The van der Waals surface area contributed by atoms with Crippen LogP contribution < -0.4 is 4.90 Å². The Kier molecular flexibility index (Phi) is 3.83. The number of anilines is 1. The van der Waals surface area contributed by atoms with Crippen LogP contribution in [0.5, 0.6) is 0 Å². The van der Waals surface area contributed by atoms with Crippen LogP contribution >= 0.6 is 0 Å². The van der Waals surface area contributed by atoms with Gasteiger partial charge in [0, 0.05) is 43.2 Å². The van der Waals surface area contributed by atoms with Crippen LogP contribution in [0.25, 0.3) is 0 Å². The molecule has 1 saturated carbocycles. The van der Waals surface area contributed by atoms with Crippen LogP contribution in [0.1, 0.15) is 31.2 Å². The number of nitrogens with zero attached hydrogens (tertiary/aromatic N) is 2. The molecule has 0 N–H and O–H groups in total. The smallest absolute Gasteiger partial charge is 0.272 e. The lowest BCUT2D eigenvalue weighted by molar-refractivity contribution is -0.385. The van der Waals surface area contributed by atoms with Gasteiger partial charge in [-0.2, -0.15) is 0 Å². The summed E-state index contributed by atoms with van der Waals surface area (Å²) < 4.78 is 0. The van der Waals surface area contributed by atoms with E-state index in [2.05, 4.69) is 4.90 Å². The van der Waals surface area contributed by atoms with Gasteiger partial charge in [-0.05, 0) is 31.9 Å². The Labute approximate surface area is 112 Å². The van der Waals surface area contributed by atoms with Gasteiger partial charge in [-0.1, -0.05) is 0 Å². The van der Waals surface area contributed by atoms with Crippen LogP contribution in [0, 0.1) is 17.0 Å². The molecule has 102 valence electrons. The van der Waals surface area contributed by atoms with Crippen molar-refractivity contribution in [1.29, 1.82) is 0 Å². The largest absolute Gasteiger partial charge is 0.372 e. The van der Waals surface area contributed by atoms with E-state index in [0.29, 0.717) is 30.2 Å². The minimum absolute atomic E-state index is 0.149. The molecule has 0 unspecified atom stereocenters. The highest BCUT2D eigenvalue weighted by Crippen LogP contribution is 2.28. The van der Waals surface area contributed by atoms with Crippen LogP contribution in [0.2, 0.25) is 0 Å². The Morgan fingerprint density at radius 1 is 1.32 bits per heavy atom. The van der Waals surface area contributed by atoms with Crippen molar-refractivity contribution in [3.05, 3.63) is 33.9 Å². The van der Waals surface area contributed by atoms with E-state index >= 15 is 0 Å². The fourth-order valence-corrected chi connectivity index (χ4v) is 2.59. The number of carbonyl (C=O) groups excluding carboxylic acids is 1. The Hall–Kier alpha value is -1.91.